The molecule has 0 saturated heterocycles. The van der Waals surface area contributed by atoms with E-state index in [1.165, 1.54) is 19.1 Å². The topological polar surface area (TPSA) is 94.3 Å². The second-order valence-electron chi connectivity index (χ2n) is 6.61. The zero-order chi connectivity index (χ0) is 22.4. The molecular formula is C21H18F3N3O4. The molecule has 0 aliphatic heterocycles. The summed E-state index contributed by atoms with van der Waals surface area (Å²) < 4.78 is 48.7. The van der Waals surface area contributed by atoms with Crippen LogP contribution in [0, 0.1) is 0 Å². The fourth-order valence-electron chi connectivity index (χ4n) is 2.66. The third kappa shape index (κ3) is 6.14. The fraction of sp³-hybridized carbons (Fsp3) is 0.238. The summed E-state index contributed by atoms with van der Waals surface area (Å²) in [5, 5.41) is 6.10. The van der Waals surface area contributed by atoms with Crippen molar-refractivity contribution in [3.05, 3.63) is 71.6 Å². The molecule has 10 heteroatoms. The normalized spacial score (nSPS) is 12.3. The number of nitrogens with zero attached hydrogens (tertiary/aromatic N) is 2. The van der Waals surface area contributed by atoms with Crippen LogP contribution < -0.4 is 5.32 Å². The smallest absolute Gasteiger partial charge is 0.416 e. The molecule has 162 valence electrons. The Morgan fingerprint density at radius 2 is 1.87 bits per heavy atom. The van der Waals surface area contributed by atoms with E-state index in [0.29, 0.717) is 0 Å². The number of halogens is 3. The van der Waals surface area contributed by atoms with E-state index < -0.39 is 23.8 Å². The highest BCUT2D eigenvalue weighted by Crippen LogP contribution is 2.31. The SMILES string of the molecule is CC(OC(=O)CNC(=O)Cc1ccccc1)c1nc(-c2cccc(C(F)(F)F)c2)no1. The van der Waals surface area contributed by atoms with Crippen LogP contribution in [0.5, 0.6) is 0 Å². The summed E-state index contributed by atoms with van der Waals surface area (Å²) >= 11 is 0. The third-order valence-electron chi connectivity index (χ3n) is 4.18. The van der Waals surface area contributed by atoms with Crippen LogP contribution in [0.15, 0.2) is 59.1 Å². The van der Waals surface area contributed by atoms with Gasteiger partial charge in [-0.3, -0.25) is 9.59 Å². The van der Waals surface area contributed by atoms with Gasteiger partial charge in [-0.1, -0.05) is 47.6 Å². The van der Waals surface area contributed by atoms with Gasteiger partial charge in [0.05, 0.1) is 12.0 Å². The first-order chi connectivity index (χ1) is 14.7. The average Bonchev–Trinajstić information content (AvgIpc) is 3.23. The summed E-state index contributed by atoms with van der Waals surface area (Å²) in [5.41, 5.74) is 0.0633. The number of ether oxygens (including phenoxy) is 1. The van der Waals surface area contributed by atoms with Crippen molar-refractivity contribution in [2.24, 2.45) is 0 Å². The van der Waals surface area contributed by atoms with Gasteiger partial charge in [-0.15, -0.1) is 0 Å². The van der Waals surface area contributed by atoms with E-state index in [2.05, 4.69) is 15.5 Å². The molecular weight excluding hydrogens is 415 g/mol. The Morgan fingerprint density at radius 1 is 1.13 bits per heavy atom. The lowest BCUT2D eigenvalue weighted by Crippen LogP contribution is -2.32. The first-order valence-electron chi connectivity index (χ1n) is 9.23. The van der Waals surface area contributed by atoms with Crippen molar-refractivity contribution in [1.29, 1.82) is 0 Å². The molecule has 1 atom stereocenters. The minimum atomic E-state index is -4.50. The highest BCUT2D eigenvalue weighted by atomic mass is 19.4. The molecule has 0 saturated carbocycles. The molecule has 1 aromatic heterocycles. The molecule has 1 unspecified atom stereocenters. The summed E-state index contributed by atoms with van der Waals surface area (Å²) in [6.07, 6.45) is -5.34. The van der Waals surface area contributed by atoms with Gasteiger partial charge < -0.3 is 14.6 Å². The summed E-state index contributed by atoms with van der Waals surface area (Å²) in [6, 6.07) is 13.5. The monoisotopic (exact) mass is 433 g/mol. The number of benzene rings is 2. The van der Waals surface area contributed by atoms with Crippen molar-refractivity contribution in [2.75, 3.05) is 6.54 Å². The largest absolute Gasteiger partial charge is 0.451 e. The summed E-state index contributed by atoms with van der Waals surface area (Å²) in [4.78, 5) is 27.9. The molecule has 0 aliphatic carbocycles. The Balaban J connectivity index is 1.54. The molecule has 1 amide bonds. The van der Waals surface area contributed by atoms with Crippen LogP contribution in [0.2, 0.25) is 0 Å². The minimum absolute atomic E-state index is 0.0693. The van der Waals surface area contributed by atoms with E-state index in [1.54, 1.807) is 24.3 Å². The average molecular weight is 433 g/mol. The number of aromatic nitrogens is 2. The second-order valence-corrected chi connectivity index (χ2v) is 6.61. The first kappa shape index (κ1) is 22.0. The maximum atomic E-state index is 12.9. The quantitative estimate of drug-likeness (QED) is 0.571. The van der Waals surface area contributed by atoms with Crippen LogP contribution in [-0.4, -0.2) is 28.6 Å². The van der Waals surface area contributed by atoms with Crippen LogP contribution in [0.25, 0.3) is 11.4 Å². The summed E-state index contributed by atoms with van der Waals surface area (Å²) in [7, 11) is 0. The zero-order valence-corrected chi connectivity index (χ0v) is 16.3. The molecule has 0 fully saturated rings. The number of hydrogen-bond donors (Lipinski definition) is 1. The molecule has 7 nitrogen and oxygen atoms in total. The van der Waals surface area contributed by atoms with E-state index in [0.717, 1.165) is 17.7 Å². The number of carbonyl (C=O) groups excluding carboxylic acids is 2. The van der Waals surface area contributed by atoms with Crippen LogP contribution in [0.1, 0.15) is 30.0 Å². The van der Waals surface area contributed by atoms with Crippen LogP contribution in [0.4, 0.5) is 13.2 Å². The van der Waals surface area contributed by atoms with E-state index in [-0.39, 0.29) is 36.2 Å². The Kier molecular flexibility index (Phi) is 6.68. The number of hydrogen-bond acceptors (Lipinski definition) is 6. The maximum Gasteiger partial charge on any atom is 0.416 e. The van der Waals surface area contributed by atoms with Gasteiger partial charge in [-0.05, 0) is 24.6 Å². The molecule has 31 heavy (non-hydrogen) atoms. The van der Waals surface area contributed by atoms with Crippen LogP contribution >= 0.6 is 0 Å². The molecule has 2 aromatic carbocycles. The van der Waals surface area contributed by atoms with Crippen molar-refractivity contribution in [3.8, 4) is 11.4 Å². The van der Waals surface area contributed by atoms with Gasteiger partial charge in [-0.25, -0.2) is 0 Å². The molecule has 0 radical (unpaired) electrons. The predicted molar refractivity (Wildman–Crippen MR) is 102 cm³/mol. The highest BCUT2D eigenvalue weighted by Gasteiger charge is 2.31. The predicted octanol–water partition coefficient (Wildman–Crippen LogP) is 3.72. The minimum Gasteiger partial charge on any atom is -0.451 e. The standard InChI is InChI=1S/C21H18F3N3O4/c1-13(30-18(29)12-25-17(28)10-14-6-3-2-4-7-14)20-26-19(27-31-20)15-8-5-9-16(11-15)21(22,23)24/h2-9,11,13H,10,12H2,1H3,(H,25,28). The molecule has 1 heterocycles. The Hall–Kier alpha value is -3.69. The molecule has 0 spiro atoms. The molecule has 3 rings (SSSR count). The van der Waals surface area contributed by atoms with Crippen LogP contribution in [0.3, 0.4) is 0 Å². The first-order valence-corrected chi connectivity index (χ1v) is 9.23. The van der Waals surface area contributed by atoms with E-state index in [4.69, 9.17) is 9.26 Å². The molecule has 3 aromatic rings. The van der Waals surface area contributed by atoms with Crippen molar-refractivity contribution in [2.45, 2.75) is 25.6 Å². The number of rotatable bonds is 7. The lowest BCUT2D eigenvalue weighted by Gasteiger charge is -2.10. The van der Waals surface area contributed by atoms with Gasteiger partial charge in [0, 0.05) is 5.56 Å². The van der Waals surface area contributed by atoms with Gasteiger partial charge in [-0.2, -0.15) is 18.2 Å². The van der Waals surface area contributed by atoms with Gasteiger partial charge in [0.1, 0.15) is 6.54 Å². The third-order valence-corrected chi connectivity index (χ3v) is 4.18. The zero-order valence-electron chi connectivity index (χ0n) is 16.3. The lowest BCUT2D eigenvalue weighted by atomic mass is 10.1. The summed E-state index contributed by atoms with van der Waals surface area (Å²) in [6.45, 7) is 1.11. The van der Waals surface area contributed by atoms with Crippen molar-refractivity contribution in [1.82, 2.24) is 15.5 Å². The van der Waals surface area contributed by atoms with Crippen molar-refractivity contribution < 1.29 is 32.0 Å². The maximum absolute atomic E-state index is 12.9. The number of amides is 1. The highest BCUT2D eigenvalue weighted by molar-refractivity contribution is 5.83. The van der Waals surface area contributed by atoms with Gasteiger partial charge >= 0.3 is 12.1 Å². The molecule has 0 aliphatic rings. The number of nitrogens with one attached hydrogen (secondary N) is 1. The number of esters is 1. The summed E-state index contributed by atoms with van der Waals surface area (Å²) in [5.74, 6) is -1.23. The Bertz CT molecular complexity index is 1050. The van der Waals surface area contributed by atoms with E-state index >= 15 is 0 Å². The van der Waals surface area contributed by atoms with E-state index in [1.807, 2.05) is 6.07 Å². The lowest BCUT2D eigenvalue weighted by molar-refractivity contribution is -0.149. The fourth-order valence-corrected chi connectivity index (χ4v) is 2.66. The Labute approximate surface area is 175 Å². The number of alkyl halides is 3. The van der Waals surface area contributed by atoms with E-state index in [9.17, 15) is 22.8 Å². The van der Waals surface area contributed by atoms with Gasteiger partial charge in [0.2, 0.25) is 11.7 Å². The van der Waals surface area contributed by atoms with Crippen molar-refractivity contribution in [3.63, 3.8) is 0 Å². The Morgan fingerprint density at radius 3 is 2.58 bits per heavy atom. The molecule has 1 N–H and O–H groups in total. The number of carbonyl (C=O) groups is 2. The van der Waals surface area contributed by atoms with Gasteiger partial charge in [0.25, 0.3) is 5.89 Å². The van der Waals surface area contributed by atoms with Crippen molar-refractivity contribution >= 4 is 11.9 Å². The molecule has 0 bridgehead atoms. The van der Waals surface area contributed by atoms with Gasteiger partial charge in [0.15, 0.2) is 6.10 Å². The second kappa shape index (κ2) is 9.41. The van der Waals surface area contributed by atoms with Crippen LogP contribution in [-0.2, 0) is 26.9 Å².